The topological polar surface area (TPSA) is 110 Å². The minimum Gasteiger partial charge on any atom is -0.467 e. The zero-order valence-corrected chi connectivity index (χ0v) is 22.0. The van der Waals surface area contributed by atoms with Gasteiger partial charge in [-0.05, 0) is 45.9 Å². The number of nitrogens with zero attached hydrogens (tertiary/aromatic N) is 4. The van der Waals surface area contributed by atoms with Crippen molar-refractivity contribution in [3.63, 3.8) is 0 Å². The van der Waals surface area contributed by atoms with Crippen LogP contribution in [0.25, 0.3) is 22.0 Å². The summed E-state index contributed by atoms with van der Waals surface area (Å²) in [5.74, 6) is 0.941. The molecular formula is C28H32FN5O4. The van der Waals surface area contributed by atoms with Gasteiger partial charge in [0.2, 0.25) is 0 Å². The highest BCUT2D eigenvalue weighted by atomic mass is 19.1. The number of nitrogens with one attached hydrogen (secondary N) is 1. The maximum absolute atomic E-state index is 14.6. The molecule has 200 valence electrons. The first-order valence-corrected chi connectivity index (χ1v) is 12.6. The van der Waals surface area contributed by atoms with Crippen LogP contribution in [0.4, 0.5) is 15.0 Å². The quantitative estimate of drug-likeness (QED) is 0.329. The van der Waals surface area contributed by atoms with E-state index in [1.807, 2.05) is 31.2 Å². The van der Waals surface area contributed by atoms with Gasteiger partial charge in [0, 0.05) is 42.0 Å². The molecule has 1 aromatic heterocycles. The highest BCUT2D eigenvalue weighted by Crippen LogP contribution is 2.36. The molecule has 1 amide bonds. The molecule has 1 saturated heterocycles. The molecule has 1 aliphatic rings. The van der Waals surface area contributed by atoms with E-state index in [0.717, 1.165) is 10.8 Å². The molecule has 2 aromatic carbocycles. The highest BCUT2D eigenvalue weighted by Gasteiger charge is 2.33. The number of hydrogen-bond acceptors (Lipinski definition) is 8. The van der Waals surface area contributed by atoms with E-state index >= 15 is 0 Å². The standard InChI is InChI=1S/C28H32FN5O4/c1-5-36-17-37-24-12-18(14-30)10-11-23(24)25-21-8-6-7-9-22(21)26(33-32-25)31-20-13-19(29)15-34(16-20)27(35)38-28(2,3)4/h6-12,19-20H,5,13,15-17H2,1-4H3,(H,31,33)/t19-,20-/m1/s1. The fourth-order valence-electron chi connectivity index (χ4n) is 4.32. The third-order valence-corrected chi connectivity index (χ3v) is 5.95. The first-order chi connectivity index (χ1) is 18.2. The van der Waals surface area contributed by atoms with E-state index in [-0.39, 0.29) is 32.3 Å². The molecule has 1 aliphatic heterocycles. The zero-order valence-electron chi connectivity index (χ0n) is 22.0. The van der Waals surface area contributed by atoms with Gasteiger partial charge in [-0.25, -0.2) is 9.18 Å². The number of piperidine rings is 1. The van der Waals surface area contributed by atoms with Crippen LogP contribution in [0.1, 0.15) is 39.7 Å². The van der Waals surface area contributed by atoms with Crippen LogP contribution in [0.15, 0.2) is 42.5 Å². The van der Waals surface area contributed by atoms with Gasteiger partial charge >= 0.3 is 6.09 Å². The first kappa shape index (κ1) is 27.1. The number of carbonyl (C=O) groups excluding carboxylic acids is 1. The Morgan fingerprint density at radius 3 is 2.66 bits per heavy atom. The predicted octanol–water partition coefficient (Wildman–Crippen LogP) is 5.30. The largest absolute Gasteiger partial charge is 0.467 e. The third kappa shape index (κ3) is 6.47. The number of halogens is 1. The molecule has 1 N–H and O–H groups in total. The smallest absolute Gasteiger partial charge is 0.410 e. The second-order valence-electron chi connectivity index (χ2n) is 10.1. The van der Waals surface area contributed by atoms with Crippen LogP contribution in [0.2, 0.25) is 0 Å². The Bertz CT molecular complexity index is 1340. The molecule has 0 saturated carbocycles. The molecule has 2 atom stereocenters. The molecule has 38 heavy (non-hydrogen) atoms. The lowest BCUT2D eigenvalue weighted by Crippen LogP contribution is -2.51. The summed E-state index contributed by atoms with van der Waals surface area (Å²) in [6, 6.07) is 14.5. The third-order valence-electron chi connectivity index (χ3n) is 5.95. The van der Waals surface area contributed by atoms with E-state index in [0.29, 0.717) is 35.0 Å². The summed E-state index contributed by atoms with van der Waals surface area (Å²) in [5.41, 5.74) is 1.02. The Morgan fingerprint density at radius 1 is 1.18 bits per heavy atom. The second-order valence-corrected chi connectivity index (χ2v) is 10.1. The van der Waals surface area contributed by atoms with E-state index in [9.17, 15) is 14.4 Å². The average Bonchev–Trinajstić information content (AvgIpc) is 2.88. The van der Waals surface area contributed by atoms with Gasteiger partial charge in [-0.1, -0.05) is 24.3 Å². The van der Waals surface area contributed by atoms with E-state index in [1.54, 1.807) is 39.0 Å². The lowest BCUT2D eigenvalue weighted by atomic mass is 10.0. The Hall–Kier alpha value is -3.97. The van der Waals surface area contributed by atoms with Gasteiger partial charge in [0.1, 0.15) is 23.2 Å². The van der Waals surface area contributed by atoms with Gasteiger partial charge in [-0.2, -0.15) is 5.26 Å². The van der Waals surface area contributed by atoms with E-state index in [1.165, 1.54) is 4.90 Å². The van der Waals surface area contributed by atoms with Gasteiger partial charge in [-0.15, -0.1) is 10.2 Å². The molecule has 10 heteroatoms. The zero-order chi connectivity index (χ0) is 27.3. The predicted molar refractivity (Wildman–Crippen MR) is 142 cm³/mol. The number of carbonyl (C=O) groups is 1. The number of benzene rings is 2. The van der Waals surface area contributed by atoms with Crippen molar-refractivity contribution in [2.45, 2.75) is 51.9 Å². The molecular weight excluding hydrogens is 489 g/mol. The van der Waals surface area contributed by atoms with E-state index in [4.69, 9.17) is 14.2 Å². The lowest BCUT2D eigenvalue weighted by Gasteiger charge is -2.36. The number of nitriles is 1. The number of fused-ring (bicyclic) bond motifs is 1. The van der Waals surface area contributed by atoms with Gasteiger partial charge in [0.15, 0.2) is 12.6 Å². The Kier molecular flexibility index (Phi) is 8.27. The van der Waals surface area contributed by atoms with E-state index < -0.39 is 17.9 Å². The number of alkyl halides is 1. The lowest BCUT2D eigenvalue weighted by molar-refractivity contribution is 0.0124. The first-order valence-electron chi connectivity index (χ1n) is 12.6. The van der Waals surface area contributed by atoms with Gasteiger partial charge < -0.3 is 24.4 Å². The van der Waals surface area contributed by atoms with Crippen LogP contribution >= 0.6 is 0 Å². The fraction of sp³-hybridized carbons (Fsp3) is 0.429. The minimum atomic E-state index is -1.20. The van der Waals surface area contributed by atoms with Gasteiger partial charge in [-0.3, -0.25) is 0 Å². The summed E-state index contributed by atoms with van der Waals surface area (Å²) in [7, 11) is 0. The van der Waals surface area contributed by atoms with Crippen LogP contribution in [0, 0.1) is 11.3 Å². The molecule has 0 unspecified atom stereocenters. The van der Waals surface area contributed by atoms with Crippen molar-refractivity contribution in [3.8, 4) is 23.1 Å². The number of ether oxygens (including phenoxy) is 3. The normalized spacial score (nSPS) is 17.6. The fourth-order valence-corrected chi connectivity index (χ4v) is 4.32. The highest BCUT2D eigenvalue weighted by molar-refractivity contribution is 6.01. The average molecular weight is 522 g/mol. The van der Waals surface area contributed by atoms with Crippen molar-refractivity contribution in [1.29, 1.82) is 5.26 Å². The van der Waals surface area contributed by atoms with Gasteiger partial charge in [0.05, 0.1) is 18.2 Å². The van der Waals surface area contributed by atoms with Crippen molar-refractivity contribution < 1.29 is 23.4 Å². The molecule has 1 fully saturated rings. The van der Waals surface area contributed by atoms with Crippen molar-refractivity contribution in [3.05, 3.63) is 48.0 Å². The molecule has 3 aromatic rings. The second kappa shape index (κ2) is 11.6. The molecule has 9 nitrogen and oxygen atoms in total. The van der Waals surface area contributed by atoms with Crippen molar-refractivity contribution >= 4 is 22.7 Å². The maximum Gasteiger partial charge on any atom is 0.410 e. The Labute approximate surface area is 221 Å². The van der Waals surface area contributed by atoms with Crippen LogP contribution in [0.3, 0.4) is 0 Å². The molecule has 0 radical (unpaired) electrons. The Balaban J connectivity index is 1.64. The van der Waals surface area contributed by atoms with Crippen LogP contribution in [-0.4, -0.2) is 65.5 Å². The van der Waals surface area contributed by atoms with Crippen molar-refractivity contribution in [1.82, 2.24) is 15.1 Å². The Morgan fingerprint density at radius 2 is 1.95 bits per heavy atom. The number of hydrogen-bond donors (Lipinski definition) is 1. The van der Waals surface area contributed by atoms with Gasteiger partial charge in [0.25, 0.3) is 0 Å². The van der Waals surface area contributed by atoms with E-state index in [2.05, 4.69) is 21.6 Å². The summed E-state index contributed by atoms with van der Waals surface area (Å²) in [5, 5.41) is 23.2. The minimum absolute atomic E-state index is 0.0122. The maximum atomic E-state index is 14.6. The van der Waals surface area contributed by atoms with Crippen LogP contribution < -0.4 is 10.1 Å². The van der Waals surface area contributed by atoms with Crippen LogP contribution in [-0.2, 0) is 9.47 Å². The number of likely N-dealkylation sites (tertiary alicyclic amines) is 1. The summed E-state index contributed by atoms with van der Waals surface area (Å²) in [6.45, 7) is 7.99. The summed E-state index contributed by atoms with van der Waals surface area (Å²) in [6.07, 6.45) is -1.52. The number of anilines is 1. The van der Waals surface area contributed by atoms with Crippen molar-refractivity contribution in [2.24, 2.45) is 0 Å². The molecule has 0 aliphatic carbocycles. The summed E-state index contributed by atoms with van der Waals surface area (Å²) >= 11 is 0. The number of aromatic nitrogens is 2. The molecule has 4 rings (SSSR count). The molecule has 0 spiro atoms. The monoisotopic (exact) mass is 521 g/mol. The number of amides is 1. The van der Waals surface area contributed by atoms with Crippen LogP contribution in [0.5, 0.6) is 5.75 Å². The summed E-state index contributed by atoms with van der Waals surface area (Å²) in [4.78, 5) is 14.0. The van der Waals surface area contributed by atoms with Crippen molar-refractivity contribution in [2.75, 3.05) is 31.8 Å². The molecule has 2 heterocycles. The SMILES string of the molecule is CCOCOc1cc(C#N)ccc1-c1nnc(N[C@@H]2C[C@@H](F)CN(C(=O)OC(C)(C)C)C2)c2ccccc12. The molecule has 0 bridgehead atoms. The summed E-state index contributed by atoms with van der Waals surface area (Å²) < 4.78 is 31.2. The number of rotatable bonds is 7.